The summed E-state index contributed by atoms with van der Waals surface area (Å²) in [5, 5.41) is 1.68. The molecule has 47 heavy (non-hydrogen) atoms. The third-order valence-corrected chi connectivity index (χ3v) is 31.6. The van der Waals surface area contributed by atoms with Crippen molar-refractivity contribution >= 4 is 45.3 Å². The predicted molar refractivity (Wildman–Crippen MR) is 213 cm³/mol. The van der Waals surface area contributed by atoms with Crippen LogP contribution in [-0.2, 0) is 18.1 Å². The van der Waals surface area contributed by atoms with Gasteiger partial charge in [0.05, 0.1) is 21.3 Å². The van der Waals surface area contributed by atoms with Gasteiger partial charge in [0.2, 0.25) is 0 Å². The lowest BCUT2D eigenvalue weighted by Gasteiger charge is -2.33. The van der Waals surface area contributed by atoms with Crippen LogP contribution in [0.5, 0.6) is 0 Å². The summed E-state index contributed by atoms with van der Waals surface area (Å²) in [6, 6.07) is 20.1. The van der Waals surface area contributed by atoms with Crippen LogP contribution >= 0.6 is 15.7 Å². The summed E-state index contributed by atoms with van der Waals surface area (Å²) in [7, 11) is -10.7. The van der Waals surface area contributed by atoms with Crippen LogP contribution in [0.1, 0.15) is 76.2 Å². The average molecular weight is 727 g/mol. The zero-order valence-electron chi connectivity index (χ0n) is 31.2. The van der Waals surface area contributed by atoms with E-state index in [1.807, 2.05) is 32.0 Å². The molecule has 0 radical (unpaired) electrons. The van der Waals surface area contributed by atoms with Crippen LogP contribution in [0.2, 0.25) is 54.4 Å². The van der Waals surface area contributed by atoms with Gasteiger partial charge in [0, 0.05) is 10.2 Å². The van der Waals surface area contributed by atoms with Crippen LogP contribution in [0.15, 0.2) is 63.4 Å². The smallest absolute Gasteiger partial charge is 0.365 e. The second-order valence-electron chi connectivity index (χ2n) is 12.2. The van der Waals surface area contributed by atoms with Gasteiger partial charge in [0.1, 0.15) is 35.2 Å². The zero-order chi connectivity index (χ0) is 35.1. The highest BCUT2D eigenvalue weighted by Crippen LogP contribution is 2.72. The monoisotopic (exact) mass is 726 g/mol. The maximum Gasteiger partial charge on any atom is 0.365 e. The predicted octanol–water partition coefficient (Wildman–Crippen LogP) is 11.9. The Balaban J connectivity index is 3.23. The fourth-order valence-corrected chi connectivity index (χ4v) is 22.9. The Kier molecular flexibility index (Phi) is 17.3. The molecule has 0 bridgehead atoms. The van der Waals surface area contributed by atoms with E-state index < -0.39 is 40.0 Å². The maximum absolute atomic E-state index is 14.9. The van der Waals surface area contributed by atoms with Crippen molar-refractivity contribution in [3.05, 3.63) is 63.4 Å². The van der Waals surface area contributed by atoms with Crippen molar-refractivity contribution < 1.29 is 18.1 Å². The van der Waals surface area contributed by atoms with Crippen LogP contribution in [0.25, 0.3) is 0 Å². The van der Waals surface area contributed by atoms with Gasteiger partial charge < -0.3 is 13.6 Å². The van der Waals surface area contributed by atoms with Gasteiger partial charge in [-0.25, -0.2) is 0 Å². The van der Waals surface area contributed by atoms with Crippen molar-refractivity contribution in [3.8, 4) is 22.9 Å². The molecular weight excluding hydrogens is 667 g/mol. The lowest BCUT2D eigenvalue weighted by atomic mass is 10.3. The van der Waals surface area contributed by atoms with Gasteiger partial charge >= 0.3 is 7.60 Å². The Morgan fingerprint density at radius 2 is 1.15 bits per heavy atom. The van der Waals surface area contributed by atoms with Gasteiger partial charge in [-0.2, -0.15) is 0 Å². The molecule has 1 unspecified atom stereocenters. The fourth-order valence-electron chi connectivity index (χ4n) is 6.32. The molecule has 1 aliphatic heterocycles. The first-order valence-corrected chi connectivity index (χ1v) is 28.7. The molecule has 0 N–H and O–H groups in total. The molecule has 0 aliphatic carbocycles. The van der Waals surface area contributed by atoms with Gasteiger partial charge in [0.15, 0.2) is 5.76 Å². The van der Waals surface area contributed by atoms with E-state index in [-0.39, 0.29) is 13.2 Å². The highest BCUT2D eigenvalue weighted by atomic mass is 31.2. The number of hydrogen-bond acceptors (Lipinski definition) is 4. The second kappa shape index (κ2) is 19.6. The third kappa shape index (κ3) is 9.77. The highest BCUT2D eigenvalue weighted by molar-refractivity contribution is 7.71. The summed E-state index contributed by atoms with van der Waals surface area (Å²) in [6.45, 7) is 24.7. The van der Waals surface area contributed by atoms with Crippen LogP contribution in [0.4, 0.5) is 0 Å². The van der Waals surface area contributed by atoms with Gasteiger partial charge in [-0.3, -0.25) is 4.57 Å². The lowest BCUT2D eigenvalue weighted by Crippen LogP contribution is -2.35. The molecule has 0 saturated heterocycles. The van der Waals surface area contributed by atoms with E-state index in [2.05, 4.69) is 109 Å². The molecule has 1 atom stereocenters. The second-order valence-corrected chi connectivity index (χ2v) is 31.4. The first-order valence-electron chi connectivity index (χ1n) is 18.1. The van der Waals surface area contributed by atoms with E-state index in [1.165, 1.54) is 4.94 Å². The summed E-state index contributed by atoms with van der Waals surface area (Å²) in [6.07, 6.45) is 0. The minimum atomic E-state index is -3.75. The third-order valence-electron chi connectivity index (χ3n) is 10.5. The SMILES string of the molecule is CCOP(=O)(OCC)C1=C([Si](CC)(CC)CC)P(c2ccccc2)OC1=C=C=C(C#C[Si](CC)(CC)CC)C#C[Si](CC)(CC)CC. The average Bonchev–Trinajstić information content (AvgIpc) is 3.51. The van der Waals surface area contributed by atoms with E-state index in [0.29, 0.717) is 16.6 Å². The molecule has 0 fully saturated rings. The number of hydrogen-bond donors (Lipinski definition) is 0. The Bertz CT molecular complexity index is 1410. The quantitative estimate of drug-likeness (QED) is 0.0736. The lowest BCUT2D eigenvalue weighted by molar-refractivity contribution is 0.226. The molecule has 1 heterocycles. The standard InChI is InChI=1S/C38H60O4P2Si3/c1-12-40-44(39,41-13-2)37-36(42-43(35-26-24-23-25-27-35)38(37)47(20-9,21-10)22-11)29-28-34(30-32-45(14-3,15-4)16-5)31-33-46(17-6,18-7)19-8/h23-27H,12-22H2,1-11H3. The largest absolute Gasteiger partial charge is 0.456 e. The Morgan fingerprint density at radius 1 is 0.702 bits per heavy atom. The number of allylic oxidation sites excluding steroid dienone is 2. The summed E-state index contributed by atoms with van der Waals surface area (Å²) in [5.74, 6) is 7.43. The molecular formula is C38H60O4P2Si3. The minimum absolute atomic E-state index is 0.265. The molecule has 0 aromatic heterocycles. The zero-order valence-corrected chi connectivity index (χ0v) is 36.0. The molecule has 1 aromatic rings. The first kappa shape index (κ1) is 41.6. The van der Waals surface area contributed by atoms with Gasteiger partial charge in [-0.1, -0.05) is 123 Å². The van der Waals surface area contributed by atoms with Crippen molar-refractivity contribution in [2.45, 2.75) is 131 Å². The molecule has 1 aliphatic rings. The molecule has 0 spiro atoms. The summed E-state index contributed by atoms with van der Waals surface area (Å²) in [4.78, 5) is 1.17. The summed E-state index contributed by atoms with van der Waals surface area (Å²) < 4.78 is 34.0. The topological polar surface area (TPSA) is 44.8 Å². The maximum atomic E-state index is 14.9. The first-order chi connectivity index (χ1) is 22.6. The van der Waals surface area contributed by atoms with E-state index in [0.717, 1.165) is 59.7 Å². The number of rotatable bonds is 16. The van der Waals surface area contributed by atoms with Crippen molar-refractivity contribution in [2.24, 2.45) is 0 Å². The molecule has 258 valence electrons. The van der Waals surface area contributed by atoms with Gasteiger partial charge in [-0.05, 0) is 61.6 Å². The molecule has 9 heteroatoms. The van der Waals surface area contributed by atoms with Crippen LogP contribution < -0.4 is 5.30 Å². The van der Waals surface area contributed by atoms with Gasteiger partial charge in [-0.15, -0.1) is 11.1 Å². The van der Waals surface area contributed by atoms with Crippen molar-refractivity contribution in [3.63, 3.8) is 0 Å². The van der Waals surface area contributed by atoms with Crippen molar-refractivity contribution in [1.29, 1.82) is 0 Å². The Labute approximate surface area is 292 Å². The molecule has 0 saturated carbocycles. The van der Waals surface area contributed by atoms with Crippen LogP contribution in [0.3, 0.4) is 0 Å². The Morgan fingerprint density at radius 3 is 1.53 bits per heavy atom. The van der Waals surface area contributed by atoms with Crippen LogP contribution in [-0.4, -0.2) is 37.4 Å². The summed E-state index contributed by atoms with van der Waals surface area (Å²) in [5.41, 5.74) is 14.9. The van der Waals surface area contributed by atoms with Crippen molar-refractivity contribution in [2.75, 3.05) is 13.2 Å². The molecule has 0 amide bonds. The van der Waals surface area contributed by atoms with Crippen molar-refractivity contribution in [1.82, 2.24) is 0 Å². The molecule has 4 nitrogen and oxygen atoms in total. The molecule has 2 rings (SSSR count). The minimum Gasteiger partial charge on any atom is -0.456 e. The van der Waals surface area contributed by atoms with E-state index in [4.69, 9.17) is 13.6 Å². The Hall–Kier alpha value is -1.59. The number of benzene rings is 1. The van der Waals surface area contributed by atoms with Gasteiger partial charge in [0.25, 0.3) is 0 Å². The normalized spacial score (nSPS) is 15.2. The van der Waals surface area contributed by atoms with Crippen LogP contribution in [0, 0.1) is 22.9 Å². The summed E-state index contributed by atoms with van der Waals surface area (Å²) >= 11 is 0. The molecule has 1 aromatic carbocycles. The highest BCUT2D eigenvalue weighted by Gasteiger charge is 2.52. The fraction of sp³-hybridized carbons (Fsp3) is 0.579. The van der Waals surface area contributed by atoms with E-state index in [9.17, 15) is 4.57 Å². The van der Waals surface area contributed by atoms with E-state index >= 15 is 0 Å². The van der Waals surface area contributed by atoms with E-state index in [1.54, 1.807) is 0 Å².